The first-order valence-corrected chi connectivity index (χ1v) is 8.45. The number of hydrogen-bond donors (Lipinski definition) is 0. The SMILES string of the molecule is C=C(COCC)c1cnn2cc(CC3CCC(F)(F)CC3)nc2c1. The molecule has 0 atom stereocenters. The maximum atomic E-state index is 13.2. The Labute approximate surface area is 140 Å². The highest BCUT2D eigenvalue weighted by molar-refractivity contribution is 5.66. The van der Waals surface area contributed by atoms with Crippen LogP contribution < -0.4 is 0 Å². The van der Waals surface area contributed by atoms with Crippen molar-refractivity contribution in [2.75, 3.05) is 13.2 Å². The first kappa shape index (κ1) is 17.0. The summed E-state index contributed by atoms with van der Waals surface area (Å²) in [7, 11) is 0. The van der Waals surface area contributed by atoms with Crippen molar-refractivity contribution in [2.45, 2.75) is 45.0 Å². The molecule has 130 valence electrons. The van der Waals surface area contributed by atoms with Gasteiger partial charge in [-0.05, 0) is 43.7 Å². The monoisotopic (exact) mass is 335 g/mol. The number of hydrogen-bond acceptors (Lipinski definition) is 3. The van der Waals surface area contributed by atoms with Crippen molar-refractivity contribution in [2.24, 2.45) is 5.92 Å². The zero-order chi connectivity index (χ0) is 17.2. The average molecular weight is 335 g/mol. The summed E-state index contributed by atoms with van der Waals surface area (Å²) in [6.07, 6.45) is 5.47. The Kier molecular flexibility index (Phi) is 4.94. The number of rotatable bonds is 6. The molecule has 0 aromatic carbocycles. The van der Waals surface area contributed by atoms with E-state index in [0.717, 1.165) is 28.9 Å². The van der Waals surface area contributed by atoms with E-state index in [4.69, 9.17) is 4.74 Å². The third-order valence-electron chi connectivity index (χ3n) is 4.59. The quantitative estimate of drug-likeness (QED) is 0.796. The molecule has 1 aliphatic rings. The molecule has 24 heavy (non-hydrogen) atoms. The number of aromatic nitrogens is 3. The van der Waals surface area contributed by atoms with Crippen LogP contribution in [0.5, 0.6) is 0 Å². The lowest BCUT2D eigenvalue weighted by Gasteiger charge is -2.27. The molecule has 1 aliphatic carbocycles. The van der Waals surface area contributed by atoms with Crippen molar-refractivity contribution in [1.82, 2.24) is 14.6 Å². The largest absolute Gasteiger partial charge is 0.377 e. The second kappa shape index (κ2) is 6.97. The number of ether oxygens (including phenoxy) is 1. The van der Waals surface area contributed by atoms with Crippen LogP contribution in [-0.2, 0) is 11.2 Å². The first-order chi connectivity index (χ1) is 11.5. The van der Waals surface area contributed by atoms with E-state index in [2.05, 4.69) is 16.7 Å². The van der Waals surface area contributed by atoms with E-state index in [1.54, 1.807) is 10.7 Å². The van der Waals surface area contributed by atoms with E-state index in [0.29, 0.717) is 26.1 Å². The van der Waals surface area contributed by atoms with Gasteiger partial charge >= 0.3 is 0 Å². The number of alkyl halides is 2. The third kappa shape index (κ3) is 3.98. The predicted molar refractivity (Wildman–Crippen MR) is 89.1 cm³/mol. The Bertz CT molecular complexity index is 716. The van der Waals surface area contributed by atoms with E-state index in [9.17, 15) is 8.78 Å². The molecule has 2 aromatic heterocycles. The second-order valence-electron chi connectivity index (χ2n) is 6.52. The molecule has 4 nitrogen and oxygen atoms in total. The van der Waals surface area contributed by atoms with Gasteiger partial charge in [0.1, 0.15) is 0 Å². The molecule has 1 fully saturated rings. The van der Waals surface area contributed by atoms with Gasteiger partial charge in [-0.2, -0.15) is 5.10 Å². The minimum absolute atomic E-state index is 0.00924. The van der Waals surface area contributed by atoms with Gasteiger partial charge in [-0.1, -0.05) is 6.58 Å². The first-order valence-electron chi connectivity index (χ1n) is 8.45. The maximum Gasteiger partial charge on any atom is 0.248 e. The molecule has 0 saturated heterocycles. The predicted octanol–water partition coefficient (Wildman–Crippen LogP) is 4.15. The number of halogens is 2. The van der Waals surface area contributed by atoms with Crippen LogP contribution in [-0.4, -0.2) is 33.7 Å². The Hall–Kier alpha value is -1.82. The smallest absolute Gasteiger partial charge is 0.248 e. The molecular formula is C18H23F2N3O. The van der Waals surface area contributed by atoms with E-state index in [-0.39, 0.29) is 18.8 Å². The summed E-state index contributed by atoms with van der Waals surface area (Å²) >= 11 is 0. The van der Waals surface area contributed by atoms with Crippen molar-refractivity contribution in [3.63, 3.8) is 0 Å². The van der Waals surface area contributed by atoms with Crippen molar-refractivity contribution in [3.05, 3.63) is 36.3 Å². The van der Waals surface area contributed by atoms with Crippen LogP contribution in [0.4, 0.5) is 8.78 Å². The van der Waals surface area contributed by atoms with E-state index in [1.165, 1.54) is 0 Å². The molecule has 6 heteroatoms. The van der Waals surface area contributed by atoms with Crippen LogP contribution in [0.25, 0.3) is 11.2 Å². The molecule has 1 saturated carbocycles. The lowest BCUT2D eigenvalue weighted by Crippen LogP contribution is -2.25. The van der Waals surface area contributed by atoms with E-state index >= 15 is 0 Å². The fourth-order valence-electron chi connectivity index (χ4n) is 3.13. The minimum atomic E-state index is -2.48. The van der Waals surface area contributed by atoms with Gasteiger partial charge in [-0.3, -0.25) is 0 Å². The van der Waals surface area contributed by atoms with Gasteiger partial charge in [0.25, 0.3) is 0 Å². The lowest BCUT2D eigenvalue weighted by atomic mass is 9.84. The van der Waals surface area contributed by atoms with Gasteiger partial charge in [-0.25, -0.2) is 18.3 Å². The molecular weight excluding hydrogens is 312 g/mol. The van der Waals surface area contributed by atoms with Crippen LogP contribution in [0.15, 0.2) is 25.0 Å². The standard InChI is InChI=1S/C18H23F2N3O/c1-3-24-12-13(2)15-9-17-22-16(11-23(17)21-10-15)8-14-4-6-18(19,20)7-5-14/h9-11,14H,2-8,12H2,1H3. The zero-order valence-corrected chi connectivity index (χ0v) is 14.0. The zero-order valence-electron chi connectivity index (χ0n) is 14.0. The van der Waals surface area contributed by atoms with Crippen molar-refractivity contribution >= 4 is 11.2 Å². The molecule has 2 heterocycles. The summed E-state index contributed by atoms with van der Waals surface area (Å²) < 4.78 is 33.6. The molecule has 0 bridgehead atoms. The van der Waals surface area contributed by atoms with Gasteiger partial charge in [0.05, 0.1) is 24.7 Å². The van der Waals surface area contributed by atoms with Gasteiger partial charge in [0, 0.05) is 25.0 Å². The average Bonchev–Trinajstić information content (AvgIpc) is 2.96. The van der Waals surface area contributed by atoms with Gasteiger partial charge < -0.3 is 4.74 Å². The molecule has 0 N–H and O–H groups in total. The minimum Gasteiger partial charge on any atom is -0.377 e. The Morgan fingerprint density at radius 3 is 2.88 bits per heavy atom. The van der Waals surface area contributed by atoms with Crippen LogP contribution in [0, 0.1) is 5.92 Å². The lowest BCUT2D eigenvalue weighted by molar-refractivity contribution is -0.0457. The summed E-state index contributed by atoms with van der Waals surface area (Å²) in [5.41, 5.74) is 3.43. The molecule has 0 aliphatic heterocycles. The second-order valence-corrected chi connectivity index (χ2v) is 6.52. The highest BCUT2D eigenvalue weighted by atomic mass is 19.3. The van der Waals surface area contributed by atoms with Gasteiger partial charge in [0.2, 0.25) is 5.92 Å². The highest BCUT2D eigenvalue weighted by Crippen LogP contribution is 2.37. The highest BCUT2D eigenvalue weighted by Gasteiger charge is 2.34. The summed E-state index contributed by atoms with van der Waals surface area (Å²) in [6, 6.07) is 1.94. The number of fused-ring (bicyclic) bond motifs is 1. The molecule has 0 radical (unpaired) electrons. The van der Waals surface area contributed by atoms with E-state index in [1.807, 2.05) is 19.2 Å². The Morgan fingerprint density at radius 2 is 2.17 bits per heavy atom. The molecule has 0 unspecified atom stereocenters. The summed E-state index contributed by atoms with van der Waals surface area (Å²) in [5, 5.41) is 4.36. The van der Waals surface area contributed by atoms with Crippen molar-refractivity contribution in [3.8, 4) is 0 Å². The van der Waals surface area contributed by atoms with Gasteiger partial charge in [0.15, 0.2) is 5.65 Å². The Balaban J connectivity index is 1.69. The topological polar surface area (TPSA) is 39.4 Å². The fourth-order valence-corrected chi connectivity index (χ4v) is 3.13. The normalized spacial score (nSPS) is 18.1. The van der Waals surface area contributed by atoms with Crippen molar-refractivity contribution in [1.29, 1.82) is 0 Å². The van der Waals surface area contributed by atoms with Gasteiger partial charge in [-0.15, -0.1) is 0 Å². The van der Waals surface area contributed by atoms with Crippen LogP contribution in [0.1, 0.15) is 43.9 Å². The summed E-state index contributed by atoms with van der Waals surface area (Å²) in [6.45, 7) is 7.06. The van der Waals surface area contributed by atoms with E-state index < -0.39 is 5.92 Å². The van der Waals surface area contributed by atoms with Crippen LogP contribution >= 0.6 is 0 Å². The summed E-state index contributed by atoms with van der Waals surface area (Å²) in [4.78, 5) is 4.60. The van der Waals surface area contributed by atoms with Crippen LogP contribution in [0.2, 0.25) is 0 Å². The van der Waals surface area contributed by atoms with Crippen LogP contribution in [0.3, 0.4) is 0 Å². The third-order valence-corrected chi connectivity index (χ3v) is 4.59. The molecule has 0 amide bonds. The number of nitrogens with zero attached hydrogens (tertiary/aromatic N) is 3. The fraction of sp³-hybridized carbons (Fsp3) is 0.556. The molecule has 0 spiro atoms. The molecule has 3 rings (SSSR count). The number of imidazole rings is 1. The molecule has 2 aromatic rings. The van der Waals surface area contributed by atoms with Crippen molar-refractivity contribution < 1.29 is 13.5 Å². The Morgan fingerprint density at radius 1 is 1.42 bits per heavy atom. The summed E-state index contributed by atoms with van der Waals surface area (Å²) in [5.74, 6) is -2.20. The maximum absolute atomic E-state index is 13.2.